The zero-order valence-electron chi connectivity index (χ0n) is 17.5. The molecule has 1 aromatic rings. The van der Waals surface area contributed by atoms with Crippen molar-refractivity contribution in [2.24, 2.45) is 5.92 Å². The van der Waals surface area contributed by atoms with Gasteiger partial charge >= 0.3 is 6.18 Å². The topological polar surface area (TPSA) is 73.0 Å². The number of nitrogens with zero attached hydrogens (tertiary/aromatic N) is 3. The summed E-state index contributed by atoms with van der Waals surface area (Å²) in [6.07, 6.45) is -3.37. The van der Waals surface area contributed by atoms with Gasteiger partial charge < -0.3 is 15.1 Å². The molecular weight excluding hydrogens is 413 g/mol. The molecule has 3 amide bonds. The van der Waals surface area contributed by atoms with Crippen LogP contribution in [0, 0.1) is 5.92 Å². The summed E-state index contributed by atoms with van der Waals surface area (Å²) in [4.78, 5) is 42.3. The van der Waals surface area contributed by atoms with Gasteiger partial charge in [0.2, 0.25) is 11.8 Å². The molecule has 170 valence electrons. The lowest BCUT2D eigenvalue weighted by atomic mass is 9.94. The molecule has 10 heteroatoms. The monoisotopic (exact) mass is 440 g/mol. The van der Waals surface area contributed by atoms with Crippen molar-refractivity contribution in [3.05, 3.63) is 35.4 Å². The highest BCUT2D eigenvalue weighted by atomic mass is 19.4. The van der Waals surface area contributed by atoms with Gasteiger partial charge in [0.25, 0.3) is 5.91 Å². The minimum absolute atomic E-state index is 0.0511. The Morgan fingerprint density at radius 2 is 1.52 bits per heavy atom. The number of carbonyl (C=O) groups excluding carboxylic acids is 3. The Morgan fingerprint density at radius 3 is 2.03 bits per heavy atom. The van der Waals surface area contributed by atoms with Crippen molar-refractivity contribution in [1.82, 2.24) is 20.0 Å². The highest BCUT2D eigenvalue weighted by Crippen LogP contribution is 2.29. The molecule has 2 aliphatic heterocycles. The summed E-state index contributed by atoms with van der Waals surface area (Å²) >= 11 is 0. The molecule has 2 aliphatic rings. The number of carbonyl (C=O) groups is 3. The van der Waals surface area contributed by atoms with Crippen LogP contribution in [-0.4, -0.2) is 85.3 Å². The maximum atomic E-state index is 12.8. The second-order valence-corrected chi connectivity index (χ2v) is 7.92. The van der Waals surface area contributed by atoms with Gasteiger partial charge in [-0.25, -0.2) is 0 Å². The van der Waals surface area contributed by atoms with E-state index >= 15 is 0 Å². The molecule has 2 heterocycles. The van der Waals surface area contributed by atoms with Crippen LogP contribution in [0.1, 0.15) is 28.8 Å². The van der Waals surface area contributed by atoms with Crippen molar-refractivity contribution in [3.8, 4) is 0 Å². The van der Waals surface area contributed by atoms with Gasteiger partial charge in [0.15, 0.2) is 0 Å². The van der Waals surface area contributed by atoms with Gasteiger partial charge in [-0.3, -0.25) is 19.3 Å². The van der Waals surface area contributed by atoms with Gasteiger partial charge in [0.05, 0.1) is 12.1 Å². The van der Waals surface area contributed by atoms with Gasteiger partial charge in [-0.05, 0) is 37.1 Å². The normalized spacial score (nSPS) is 18.7. The average Bonchev–Trinajstić information content (AvgIpc) is 2.78. The number of alkyl halides is 3. The molecule has 7 nitrogen and oxygen atoms in total. The van der Waals surface area contributed by atoms with E-state index in [-0.39, 0.29) is 29.2 Å². The first-order valence-corrected chi connectivity index (χ1v) is 10.4. The first-order chi connectivity index (χ1) is 14.7. The van der Waals surface area contributed by atoms with E-state index in [2.05, 4.69) is 5.32 Å². The summed E-state index contributed by atoms with van der Waals surface area (Å²) in [6.45, 7) is 3.54. The van der Waals surface area contributed by atoms with E-state index in [1.807, 2.05) is 9.80 Å². The van der Waals surface area contributed by atoms with E-state index in [1.165, 1.54) is 12.1 Å². The van der Waals surface area contributed by atoms with E-state index in [0.717, 1.165) is 12.1 Å². The number of piperidine rings is 1. The number of hydrogen-bond acceptors (Lipinski definition) is 4. The molecule has 0 atom stereocenters. The molecule has 1 aromatic carbocycles. The number of nitrogens with one attached hydrogen (secondary N) is 1. The molecule has 0 unspecified atom stereocenters. The second kappa shape index (κ2) is 9.67. The molecular formula is C21H27F3N4O3. The van der Waals surface area contributed by atoms with Crippen LogP contribution in [0.3, 0.4) is 0 Å². The Kier molecular flexibility index (Phi) is 7.19. The predicted molar refractivity (Wildman–Crippen MR) is 107 cm³/mol. The zero-order chi connectivity index (χ0) is 22.6. The average molecular weight is 440 g/mol. The smallest absolute Gasteiger partial charge is 0.358 e. The van der Waals surface area contributed by atoms with E-state index < -0.39 is 11.7 Å². The van der Waals surface area contributed by atoms with Crippen molar-refractivity contribution in [2.45, 2.75) is 19.0 Å². The van der Waals surface area contributed by atoms with Crippen LogP contribution in [0.5, 0.6) is 0 Å². The maximum Gasteiger partial charge on any atom is 0.416 e. The number of amides is 3. The van der Waals surface area contributed by atoms with E-state index in [9.17, 15) is 27.6 Å². The van der Waals surface area contributed by atoms with Gasteiger partial charge in [0.1, 0.15) is 0 Å². The third-order valence-electron chi connectivity index (χ3n) is 5.92. The fourth-order valence-electron chi connectivity index (χ4n) is 3.98. The molecule has 31 heavy (non-hydrogen) atoms. The Balaban J connectivity index is 1.47. The molecule has 2 saturated heterocycles. The number of halogens is 3. The third kappa shape index (κ3) is 5.75. The zero-order valence-corrected chi connectivity index (χ0v) is 17.5. The highest BCUT2D eigenvalue weighted by Gasteiger charge is 2.33. The quantitative estimate of drug-likeness (QED) is 0.769. The van der Waals surface area contributed by atoms with Gasteiger partial charge in [-0.1, -0.05) is 0 Å². The Morgan fingerprint density at radius 1 is 0.935 bits per heavy atom. The number of likely N-dealkylation sites (tertiary alicyclic amines) is 1. The van der Waals surface area contributed by atoms with E-state index in [1.54, 1.807) is 11.9 Å². The summed E-state index contributed by atoms with van der Waals surface area (Å²) in [6, 6.07) is 4.21. The molecule has 0 spiro atoms. The van der Waals surface area contributed by atoms with Gasteiger partial charge in [-0.2, -0.15) is 13.2 Å². The first kappa shape index (κ1) is 23.1. The Bertz CT molecular complexity index is 797. The number of likely N-dealkylation sites (N-methyl/N-ethyl adjacent to an activating group) is 1. The number of rotatable bonds is 4. The summed E-state index contributed by atoms with van der Waals surface area (Å²) in [7, 11) is 1.59. The van der Waals surface area contributed by atoms with Crippen LogP contribution < -0.4 is 5.32 Å². The minimum atomic E-state index is -4.44. The molecule has 0 saturated carbocycles. The van der Waals surface area contributed by atoms with Crippen molar-refractivity contribution in [3.63, 3.8) is 0 Å². The molecule has 1 N–H and O–H groups in total. The fourth-order valence-corrected chi connectivity index (χ4v) is 3.98. The summed E-state index contributed by atoms with van der Waals surface area (Å²) in [5.41, 5.74) is -0.575. The van der Waals surface area contributed by atoms with Crippen molar-refractivity contribution in [1.29, 1.82) is 0 Å². The lowest BCUT2D eigenvalue weighted by Gasteiger charge is -2.38. The van der Waals surface area contributed by atoms with E-state index in [0.29, 0.717) is 58.7 Å². The lowest BCUT2D eigenvalue weighted by Crippen LogP contribution is -2.53. The standard InChI is InChI=1S/C21H27F3N4O3/c1-25-18(29)14-26-10-12-28(13-11-26)20(31)16-6-8-27(9-7-16)19(30)15-2-4-17(5-3-15)21(22,23)24/h2-5,16H,6-14H2,1H3,(H,25,29). The third-order valence-corrected chi connectivity index (χ3v) is 5.92. The summed E-state index contributed by atoms with van der Waals surface area (Å²) in [5, 5.41) is 2.59. The predicted octanol–water partition coefficient (Wildman–Crippen LogP) is 1.45. The van der Waals surface area contributed by atoms with Crippen molar-refractivity contribution < 1.29 is 27.6 Å². The first-order valence-electron chi connectivity index (χ1n) is 10.4. The van der Waals surface area contributed by atoms with Crippen LogP contribution >= 0.6 is 0 Å². The van der Waals surface area contributed by atoms with Crippen LogP contribution in [0.4, 0.5) is 13.2 Å². The molecule has 3 rings (SSSR count). The van der Waals surface area contributed by atoms with Crippen LogP contribution in [0.15, 0.2) is 24.3 Å². The number of benzene rings is 1. The Hall–Kier alpha value is -2.62. The van der Waals surface area contributed by atoms with Crippen LogP contribution in [-0.2, 0) is 15.8 Å². The van der Waals surface area contributed by atoms with Crippen LogP contribution in [0.25, 0.3) is 0 Å². The summed E-state index contributed by atoms with van der Waals surface area (Å²) in [5.74, 6) is -0.462. The molecule has 0 aromatic heterocycles. The Labute approximate surface area is 179 Å². The van der Waals surface area contributed by atoms with Crippen molar-refractivity contribution >= 4 is 17.7 Å². The van der Waals surface area contributed by atoms with E-state index in [4.69, 9.17) is 0 Å². The molecule has 0 bridgehead atoms. The molecule has 0 aliphatic carbocycles. The number of hydrogen-bond donors (Lipinski definition) is 1. The van der Waals surface area contributed by atoms with Crippen LogP contribution in [0.2, 0.25) is 0 Å². The highest BCUT2D eigenvalue weighted by molar-refractivity contribution is 5.94. The lowest BCUT2D eigenvalue weighted by molar-refractivity contribution is -0.139. The fraction of sp³-hybridized carbons (Fsp3) is 0.571. The maximum absolute atomic E-state index is 12.8. The summed E-state index contributed by atoms with van der Waals surface area (Å²) < 4.78 is 38.1. The van der Waals surface area contributed by atoms with Gasteiger partial charge in [0, 0.05) is 57.8 Å². The molecule has 2 fully saturated rings. The number of piperazine rings is 1. The van der Waals surface area contributed by atoms with Crippen molar-refractivity contribution in [2.75, 3.05) is 52.9 Å². The second-order valence-electron chi connectivity index (χ2n) is 7.92. The molecule has 0 radical (unpaired) electrons. The SMILES string of the molecule is CNC(=O)CN1CCN(C(=O)C2CCN(C(=O)c3ccc(C(F)(F)F)cc3)CC2)CC1. The van der Waals surface area contributed by atoms with Gasteiger partial charge in [-0.15, -0.1) is 0 Å². The largest absolute Gasteiger partial charge is 0.416 e. The minimum Gasteiger partial charge on any atom is -0.358 e.